The largest absolute Gasteiger partial charge is 0.545 e. The SMILES string of the molecule is CCCCCCCCCCCCCCCCCCCCCCCCC(=O)OC(COC(=O)CCCCCCCCCCCCC)COC(OCC[N+](C)(C)C)C(=O)[O-]. The standard InChI is InChI=1S/C49H95NO8/c1-6-8-10-12-14-16-18-19-20-21-22-23-24-25-26-27-28-30-32-34-36-38-40-47(52)58-45(44-57-49(48(53)54)55-42-41-50(3,4)5)43-56-46(51)39-37-35-33-31-29-17-15-13-11-9-7-2/h45,49H,6-44H2,1-5H3. The van der Waals surface area contributed by atoms with Gasteiger partial charge in [0.05, 0.1) is 40.3 Å². The second-order valence-corrected chi connectivity index (χ2v) is 18.1. The first kappa shape index (κ1) is 56.3. The van der Waals surface area contributed by atoms with Gasteiger partial charge >= 0.3 is 11.9 Å². The molecule has 0 rings (SSSR count). The molecular formula is C49H95NO8. The molecule has 0 heterocycles. The maximum absolute atomic E-state index is 12.8. The third-order valence-corrected chi connectivity index (χ3v) is 11.1. The fourth-order valence-corrected chi connectivity index (χ4v) is 7.24. The number of hydrogen-bond acceptors (Lipinski definition) is 8. The number of carbonyl (C=O) groups excluding carboxylic acids is 3. The van der Waals surface area contributed by atoms with Gasteiger partial charge in [0.15, 0.2) is 12.4 Å². The maximum Gasteiger partial charge on any atom is 0.306 e. The molecule has 344 valence electrons. The molecule has 2 atom stereocenters. The van der Waals surface area contributed by atoms with E-state index < -0.39 is 24.3 Å². The van der Waals surface area contributed by atoms with Crippen molar-refractivity contribution in [3.63, 3.8) is 0 Å². The third-order valence-electron chi connectivity index (χ3n) is 11.1. The molecule has 0 bridgehead atoms. The molecule has 0 amide bonds. The number of quaternary nitrogens is 1. The number of rotatable bonds is 46. The summed E-state index contributed by atoms with van der Waals surface area (Å²) in [5, 5.41) is 11.7. The molecule has 9 heteroatoms. The summed E-state index contributed by atoms with van der Waals surface area (Å²) in [7, 11) is 5.92. The van der Waals surface area contributed by atoms with Crippen LogP contribution >= 0.6 is 0 Å². The van der Waals surface area contributed by atoms with E-state index in [1.807, 2.05) is 21.1 Å². The molecular weight excluding hydrogens is 731 g/mol. The highest BCUT2D eigenvalue weighted by Gasteiger charge is 2.22. The molecule has 0 aromatic rings. The van der Waals surface area contributed by atoms with Crippen LogP contribution in [0.5, 0.6) is 0 Å². The number of carboxylic acid groups (broad SMARTS) is 1. The van der Waals surface area contributed by atoms with Gasteiger partial charge in [0, 0.05) is 12.8 Å². The third kappa shape index (κ3) is 42.4. The van der Waals surface area contributed by atoms with Crippen molar-refractivity contribution in [1.29, 1.82) is 0 Å². The van der Waals surface area contributed by atoms with Gasteiger partial charge in [-0.3, -0.25) is 9.59 Å². The van der Waals surface area contributed by atoms with Crippen molar-refractivity contribution < 1.29 is 42.9 Å². The predicted molar refractivity (Wildman–Crippen MR) is 237 cm³/mol. The molecule has 0 spiro atoms. The minimum Gasteiger partial charge on any atom is -0.545 e. The smallest absolute Gasteiger partial charge is 0.306 e. The summed E-state index contributed by atoms with van der Waals surface area (Å²) in [6, 6.07) is 0. The van der Waals surface area contributed by atoms with Crippen LogP contribution in [0.3, 0.4) is 0 Å². The van der Waals surface area contributed by atoms with E-state index in [0.29, 0.717) is 17.4 Å². The van der Waals surface area contributed by atoms with E-state index in [9.17, 15) is 19.5 Å². The van der Waals surface area contributed by atoms with Crippen molar-refractivity contribution in [2.24, 2.45) is 0 Å². The van der Waals surface area contributed by atoms with E-state index in [2.05, 4.69) is 13.8 Å². The highest BCUT2D eigenvalue weighted by Crippen LogP contribution is 2.17. The molecule has 0 aromatic heterocycles. The van der Waals surface area contributed by atoms with E-state index in [1.165, 1.54) is 173 Å². The number of hydrogen-bond donors (Lipinski definition) is 0. The van der Waals surface area contributed by atoms with Gasteiger partial charge in [-0.2, -0.15) is 0 Å². The van der Waals surface area contributed by atoms with Crippen LogP contribution in [-0.4, -0.2) is 82.3 Å². The van der Waals surface area contributed by atoms with E-state index in [0.717, 1.165) is 38.5 Å². The van der Waals surface area contributed by atoms with Crippen molar-refractivity contribution >= 4 is 17.9 Å². The Bertz CT molecular complexity index is 923. The highest BCUT2D eigenvalue weighted by atomic mass is 16.7. The number of aliphatic carboxylic acids is 1. The Morgan fingerprint density at radius 3 is 1.10 bits per heavy atom. The van der Waals surface area contributed by atoms with Gasteiger partial charge in [0.1, 0.15) is 13.2 Å². The van der Waals surface area contributed by atoms with Crippen LogP contribution in [0.2, 0.25) is 0 Å². The van der Waals surface area contributed by atoms with Gasteiger partial charge in [0.2, 0.25) is 0 Å². The zero-order valence-corrected chi connectivity index (χ0v) is 38.9. The number of likely N-dealkylation sites (N-methyl/N-ethyl adjacent to an activating group) is 1. The van der Waals surface area contributed by atoms with Gasteiger partial charge in [0.25, 0.3) is 0 Å². The Morgan fingerprint density at radius 1 is 0.448 bits per heavy atom. The number of ether oxygens (including phenoxy) is 4. The minimum atomic E-state index is -1.61. The second-order valence-electron chi connectivity index (χ2n) is 18.1. The second kappa shape index (κ2) is 42.0. The summed E-state index contributed by atoms with van der Waals surface area (Å²) in [5.41, 5.74) is 0. The summed E-state index contributed by atoms with van der Waals surface area (Å²) in [6.45, 7) is 4.77. The van der Waals surface area contributed by atoms with Crippen LogP contribution in [0.15, 0.2) is 0 Å². The lowest BCUT2D eigenvalue weighted by Gasteiger charge is -2.26. The first-order chi connectivity index (χ1) is 28.1. The molecule has 0 saturated heterocycles. The first-order valence-corrected chi connectivity index (χ1v) is 24.7. The fourth-order valence-electron chi connectivity index (χ4n) is 7.24. The van der Waals surface area contributed by atoms with E-state index in [1.54, 1.807) is 0 Å². The summed E-state index contributed by atoms with van der Waals surface area (Å²) >= 11 is 0. The molecule has 0 aliphatic heterocycles. The molecule has 0 radical (unpaired) electrons. The Balaban J connectivity index is 4.24. The van der Waals surface area contributed by atoms with Gasteiger partial charge in [-0.15, -0.1) is 0 Å². The molecule has 2 unspecified atom stereocenters. The Hall–Kier alpha value is -1.71. The van der Waals surface area contributed by atoms with E-state index >= 15 is 0 Å². The lowest BCUT2D eigenvalue weighted by molar-refractivity contribution is -0.870. The number of esters is 2. The maximum atomic E-state index is 12.8. The van der Waals surface area contributed by atoms with Gasteiger partial charge in [-0.1, -0.05) is 213 Å². The quantitative estimate of drug-likeness (QED) is 0.0258. The number of nitrogens with zero attached hydrogens (tertiary/aromatic N) is 1. The molecule has 9 nitrogen and oxygen atoms in total. The molecule has 0 aliphatic carbocycles. The molecule has 0 saturated carbocycles. The predicted octanol–water partition coefficient (Wildman–Crippen LogP) is 12.0. The lowest BCUT2D eigenvalue weighted by Crippen LogP contribution is -2.44. The Labute approximate surface area is 358 Å². The van der Waals surface area contributed by atoms with Crippen LogP contribution in [0.1, 0.15) is 239 Å². The van der Waals surface area contributed by atoms with Crippen LogP contribution in [0.25, 0.3) is 0 Å². The average Bonchev–Trinajstić information content (AvgIpc) is 3.18. The van der Waals surface area contributed by atoms with Crippen LogP contribution in [0, 0.1) is 0 Å². The number of unbranched alkanes of at least 4 members (excludes halogenated alkanes) is 31. The van der Waals surface area contributed by atoms with Crippen molar-refractivity contribution in [1.82, 2.24) is 0 Å². The van der Waals surface area contributed by atoms with E-state index in [-0.39, 0.29) is 32.2 Å². The Kier molecular flexibility index (Phi) is 40.8. The van der Waals surface area contributed by atoms with Crippen LogP contribution < -0.4 is 5.11 Å². The van der Waals surface area contributed by atoms with Crippen LogP contribution in [-0.2, 0) is 33.3 Å². The molecule has 0 fully saturated rings. The minimum absolute atomic E-state index is 0.153. The number of carboxylic acids is 1. The summed E-state index contributed by atoms with van der Waals surface area (Å²) in [5.74, 6) is -2.26. The van der Waals surface area contributed by atoms with Crippen molar-refractivity contribution in [3.8, 4) is 0 Å². The van der Waals surface area contributed by atoms with Crippen molar-refractivity contribution in [3.05, 3.63) is 0 Å². The lowest BCUT2D eigenvalue weighted by atomic mass is 10.0. The van der Waals surface area contributed by atoms with Gasteiger partial charge < -0.3 is 33.3 Å². The molecule has 0 aromatic carbocycles. The van der Waals surface area contributed by atoms with Crippen LogP contribution in [0.4, 0.5) is 0 Å². The summed E-state index contributed by atoms with van der Waals surface area (Å²) in [6.07, 6.45) is 40.0. The monoisotopic (exact) mass is 826 g/mol. The van der Waals surface area contributed by atoms with Crippen molar-refractivity contribution in [2.75, 3.05) is 47.5 Å². The topological polar surface area (TPSA) is 111 Å². The molecule has 0 N–H and O–H groups in total. The van der Waals surface area contributed by atoms with E-state index in [4.69, 9.17) is 18.9 Å². The highest BCUT2D eigenvalue weighted by molar-refractivity contribution is 5.70. The zero-order chi connectivity index (χ0) is 42.8. The molecule has 58 heavy (non-hydrogen) atoms. The van der Waals surface area contributed by atoms with Crippen molar-refractivity contribution in [2.45, 2.75) is 251 Å². The normalized spacial score (nSPS) is 12.8. The first-order valence-electron chi connectivity index (χ1n) is 24.7. The zero-order valence-electron chi connectivity index (χ0n) is 38.9. The number of carbonyl (C=O) groups is 3. The summed E-state index contributed by atoms with van der Waals surface area (Å²) < 4.78 is 22.6. The fraction of sp³-hybridized carbons (Fsp3) is 0.939. The Morgan fingerprint density at radius 2 is 0.776 bits per heavy atom. The molecule has 0 aliphatic rings. The van der Waals surface area contributed by atoms with Gasteiger partial charge in [-0.25, -0.2) is 0 Å². The summed E-state index contributed by atoms with van der Waals surface area (Å²) in [4.78, 5) is 37.0. The average molecular weight is 826 g/mol. The van der Waals surface area contributed by atoms with Gasteiger partial charge in [-0.05, 0) is 12.8 Å².